The van der Waals surface area contributed by atoms with Gasteiger partial charge in [0, 0.05) is 25.9 Å². The van der Waals surface area contributed by atoms with Crippen molar-refractivity contribution in [3.63, 3.8) is 0 Å². The van der Waals surface area contributed by atoms with E-state index in [9.17, 15) is 24.0 Å². The van der Waals surface area contributed by atoms with E-state index in [2.05, 4.69) is 5.32 Å². The number of nitrogens with one attached hydrogen (secondary N) is 1. The first-order valence-electron chi connectivity index (χ1n) is 9.46. The maximum absolute atomic E-state index is 13.0. The third-order valence-electron chi connectivity index (χ3n) is 5.63. The van der Waals surface area contributed by atoms with Crippen LogP contribution in [0.5, 0.6) is 0 Å². The topological polar surface area (TPSA) is 113 Å². The number of esters is 1. The summed E-state index contributed by atoms with van der Waals surface area (Å²) >= 11 is 0. The molecule has 3 aliphatic rings. The van der Waals surface area contributed by atoms with Gasteiger partial charge in [0.15, 0.2) is 0 Å². The largest absolute Gasteiger partial charge is 0.459 e. The summed E-state index contributed by atoms with van der Waals surface area (Å²) in [5.41, 5.74) is -2.49. The second-order valence-electron chi connectivity index (χ2n) is 9.41. The third-order valence-corrected chi connectivity index (χ3v) is 5.63. The predicted octanol–water partition coefficient (Wildman–Crippen LogP) is -0.0272. The van der Waals surface area contributed by atoms with Gasteiger partial charge in [-0.2, -0.15) is 0 Å². The van der Waals surface area contributed by atoms with Crippen LogP contribution < -0.4 is 5.32 Å². The van der Waals surface area contributed by atoms with Crippen LogP contribution in [0.1, 0.15) is 53.9 Å². The van der Waals surface area contributed by atoms with Gasteiger partial charge in [-0.1, -0.05) is 0 Å². The van der Waals surface area contributed by atoms with Gasteiger partial charge in [0.05, 0.1) is 5.41 Å². The summed E-state index contributed by atoms with van der Waals surface area (Å²) in [4.78, 5) is 64.3. The molecule has 9 heteroatoms. The van der Waals surface area contributed by atoms with Crippen LogP contribution in [-0.4, -0.2) is 69.7 Å². The van der Waals surface area contributed by atoms with Crippen molar-refractivity contribution in [3.8, 4) is 0 Å². The quantitative estimate of drug-likeness (QED) is 0.529. The molecule has 0 saturated carbocycles. The Morgan fingerprint density at radius 3 is 2.25 bits per heavy atom. The van der Waals surface area contributed by atoms with Crippen LogP contribution in [0.3, 0.4) is 0 Å². The van der Waals surface area contributed by atoms with E-state index in [4.69, 9.17) is 4.74 Å². The second-order valence-corrected chi connectivity index (χ2v) is 9.41. The number of carbonyl (C=O) groups excluding carboxylic acids is 5. The van der Waals surface area contributed by atoms with Gasteiger partial charge in [-0.05, 0) is 41.0 Å². The molecule has 0 aromatic rings. The van der Waals surface area contributed by atoms with Crippen molar-refractivity contribution in [2.24, 2.45) is 5.41 Å². The van der Waals surface area contributed by atoms with Gasteiger partial charge in [0.2, 0.25) is 23.6 Å². The standard InChI is InChI=1S/C19H27N3O6/c1-17(2,3)28-16(27)18(4,5)21-9-19(10-21)8-13(24)22(15(19)26)11-6-7-12(23)20-14(11)25/h11H,6-10H2,1-5H3,(H,20,23,25). The lowest BCUT2D eigenvalue weighted by Gasteiger charge is -2.52. The van der Waals surface area contributed by atoms with Crippen LogP contribution >= 0.6 is 0 Å². The Bertz CT molecular complexity index is 760. The fourth-order valence-electron chi connectivity index (χ4n) is 3.92. The Labute approximate surface area is 163 Å². The van der Waals surface area contributed by atoms with E-state index in [-0.39, 0.29) is 32.4 Å². The van der Waals surface area contributed by atoms with Crippen LogP contribution in [0.15, 0.2) is 0 Å². The predicted molar refractivity (Wildman–Crippen MR) is 96.6 cm³/mol. The molecule has 28 heavy (non-hydrogen) atoms. The summed E-state index contributed by atoms with van der Waals surface area (Å²) in [5, 5.41) is 2.18. The average molecular weight is 393 g/mol. The first kappa shape index (κ1) is 20.4. The van der Waals surface area contributed by atoms with E-state index < -0.39 is 52.2 Å². The van der Waals surface area contributed by atoms with E-state index in [1.54, 1.807) is 34.6 Å². The van der Waals surface area contributed by atoms with Gasteiger partial charge in [-0.15, -0.1) is 0 Å². The van der Waals surface area contributed by atoms with Gasteiger partial charge in [-0.25, -0.2) is 0 Å². The molecule has 4 amide bonds. The highest BCUT2D eigenvalue weighted by atomic mass is 16.6. The van der Waals surface area contributed by atoms with Gasteiger partial charge in [0.25, 0.3) is 0 Å². The summed E-state index contributed by atoms with van der Waals surface area (Å²) in [5.74, 6) is -2.21. The van der Waals surface area contributed by atoms with Crippen LogP contribution in [0, 0.1) is 5.41 Å². The van der Waals surface area contributed by atoms with Gasteiger partial charge < -0.3 is 4.74 Å². The Morgan fingerprint density at radius 1 is 1.11 bits per heavy atom. The van der Waals surface area contributed by atoms with Crippen LogP contribution in [-0.2, 0) is 28.7 Å². The highest BCUT2D eigenvalue weighted by Crippen LogP contribution is 2.45. The Kier molecular flexibility index (Phi) is 4.65. The molecule has 9 nitrogen and oxygen atoms in total. The molecule has 154 valence electrons. The fourth-order valence-corrected chi connectivity index (χ4v) is 3.92. The smallest absolute Gasteiger partial charge is 0.326 e. The van der Waals surface area contributed by atoms with E-state index in [1.165, 1.54) is 0 Å². The summed E-state index contributed by atoms with van der Waals surface area (Å²) in [6, 6.07) is -0.940. The maximum atomic E-state index is 13.0. The Morgan fingerprint density at radius 2 is 1.71 bits per heavy atom. The van der Waals surface area contributed by atoms with Gasteiger partial charge in [0.1, 0.15) is 17.2 Å². The zero-order valence-corrected chi connectivity index (χ0v) is 17.0. The molecular weight excluding hydrogens is 366 g/mol. The van der Waals surface area contributed by atoms with E-state index in [0.29, 0.717) is 0 Å². The molecule has 3 aliphatic heterocycles. The number of carbonyl (C=O) groups is 5. The van der Waals surface area contributed by atoms with Crippen molar-refractivity contribution in [3.05, 3.63) is 0 Å². The van der Waals surface area contributed by atoms with Gasteiger partial charge >= 0.3 is 5.97 Å². The maximum Gasteiger partial charge on any atom is 0.326 e. The van der Waals surface area contributed by atoms with Crippen molar-refractivity contribution in [2.45, 2.75) is 71.1 Å². The first-order valence-corrected chi connectivity index (χ1v) is 9.46. The van der Waals surface area contributed by atoms with Crippen molar-refractivity contribution in [1.82, 2.24) is 15.1 Å². The van der Waals surface area contributed by atoms with Crippen LogP contribution in [0.4, 0.5) is 0 Å². The highest BCUT2D eigenvalue weighted by Gasteiger charge is 2.63. The van der Waals surface area contributed by atoms with E-state index in [0.717, 1.165) is 4.90 Å². The molecule has 1 N–H and O–H groups in total. The van der Waals surface area contributed by atoms with E-state index in [1.807, 2.05) is 4.90 Å². The lowest BCUT2D eigenvalue weighted by molar-refractivity contribution is -0.179. The molecule has 3 fully saturated rings. The molecule has 0 aliphatic carbocycles. The molecule has 0 bridgehead atoms. The number of rotatable bonds is 3. The average Bonchev–Trinajstić information content (AvgIpc) is 2.76. The number of nitrogens with zero attached hydrogens (tertiary/aromatic N) is 2. The van der Waals surface area contributed by atoms with E-state index >= 15 is 0 Å². The lowest BCUT2D eigenvalue weighted by atomic mass is 9.75. The molecule has 0 aromatic carbocycles. The molecule has 3 saturated heterocycles. The molecule has 0 aromatic heterocycles. The molecule has 3 heterocycles. The molecule has 1 spiro atoms. The number of hydrogen-bond acceptors (Lipinski definition) is 7. The van der Waals surface area contributed by atoms with Crippen molar-refractivity contribution in [2.75, 3.05) is 13.1 Å². The molecule has 1 atom stereocenters. The molecule has 3 rings (SSSR count). The molecule has 0 radical (unpaired) electrons. The zero-order valence-electron chi connectivity index (χ0n) is 17.0. The SMILES string of the molecule is CC(C)(C)OC(=O)C(C)(C)N1CC2(CC(=O)N(C3CCC(=O)NC3=O)C2=O)C1. The third kappa shape index (κ3) is 3.32. The molecular formula is C19H27N3O6. The highest BCUT2D eigenvalue weighted by molar-refractivity contribution is 6.11. The second kappa shape index (κ2) is 6.37. The number of hydrogen-bond donors (Lipinski definition) is 1. The molecule has 1 unspecified atom stereocenters. The summed E-state index contributed by atoms with van der Waals surface area (Å²) < 4.78 is 5.47. The first-order chi connectivity index (χ1) is 12.8. The summed E-state index contributed by atoms with van der Waals surface area (Å²) in [6.45, 7) is 9.31. The monoisotopic (exact) mass is 393 g/mol. The summed E-state index contributed by atoms with van der Waals surface area (Å²) in [7, 11) is 0. The van der Waals surface area contributed by atoms with Crippen LogP contribution in [0.2, 0.25) is 0 Å². The minimum Gasteiger partial charge on any atom is -0.459 e. The minimum absolute atomic E-state index is 0.00442. The van der Waals surface area contributed by atoms with Crippen molar-refractivity contribution >= 4 is 29.6 Å². The number of ether oxygens (including phenoxy) is 1. The summed E-state index contributed by atoms with van der Waals surface area (Å²) in [6.07, 6.45) is 0.244. The number of imide groups is 2. The fraction of sp³-hybridized carbons (Fsp3) is 0.737. The van der Waals surface area contributed by atoms with Crippen molar-refractivity contribution < 1.29 is 28.7 Å². The van der Waals surface area contributed by atoms with Crippen LogP contribution in [0.25, 0.3) is 0 Å². The lowest BCUT2D eigenvalue weighted by Crippen LogP contribution is -2.69. The number of amides is 4. The van der Waals surface area contributed by atoms with Crippen molar-refractivity contribution in [1.29, 1.82) is 0 Å². The Balaban J connectivity index is 1.70. The number of likely N-dealkylation sites (tertiary alicyclic amines) is 2. The van der Waals surface area contributed by atoms with Gasteiger partial charge in [-0.3, -0.25) is 39.1 Å². The Hall–Kier alpha value is -2.29. The normalized spacial score (nSPS) is 25.8. The zero-order chi connectivity index (χ0) is 21.1. The number of piperidine rings is 1. The minimum atomic E-state index is -0.941.